The van der Waals surface area contributed by atoms with Gasteiger partial charge in [0, 0.05) is 39.0 Å². The van der Waals surface area contributed by atoms with Crippen LogP contribution in [0.5, 0.6) is 0 Å². The molecule has 24 heavy (non-hydrogen) atoms. The van der Waals surface area contributed by atoms with Crippen LogP contribution in [-0.4, -0.2) is 46.3 Å². The predicted molar refractivity (Wildman–Crippen MR) is 84.4 cm³/mol. The van der Waals surface area contributed by atoms with E-state index in [0.717, 1.165) is 44.9 Å². The molecule has 3 heterocycles. The zero-order valence-electron chi connectivity index (χ0n) is 13.9. The monoisotopic (exact) mass is 328 g/mol. The van der Waals surface area contributed by atoms with Gasteiger partial charge in [0.2, 0.25) is 29.3 Å². The van der Waals surface area contributed by atoms with Crippen molar-refractivity contribution in [3.8, 4) is 6.07 Å². The highest BCUT2D eigenvalue weighted by molar-refractivity contribution is 5.48. The van der Waals surface area contributed by atoms with E-state index in [4.69, 9.17) is 8.83 Å². The number of rotatable bonds is 4. The summed E-state index contributed by atoms with van der Waals surface area (Å²) in [6.07, 6.45) is 2.22. The Balaban J connectivity index is 1.43. The van der Waals surface area contributed by atoms with E-state index < -0.39 is 0 Å². The summed E-state index contributed by atoms with van der Waals surface area (Å²) in [5, 5.41) is 17.3. The molecule has 1 aliphatic heterocycles. The lowest BCUT2D eigenvalue weighted by molar-refractivity contribution is 0.170. The van der Waals surface area contributed by atoms with Crippen LogP contribution in [0.25, 0.3) is 0 Å². The molecule has 4 rings (SSSR count). The molecule has 0 bridgehead atoms. The van der Waals surface area contributed by atoms with Crippen molar-refractivity contribution < 1.29 is 8.83 Å². The second-order valence-electron chi connectivity index (χ2n) is 6.45. The van der Waals surface area contributed by atoms with Crippen LogP contribution in [0.15, 0.2) is 8.83 Å². The van der Waals surface area contributed by atoms with E-state index in [9.17, 15) is 5.26 Å². The van der Waals surface area contributed by atoms with Crippen LogP contribution < -0.4 is 4.90 Å². The number of nitrogens with zero attached hydrogens (tertiary/aromatic N) is 6. The molecular weight excluding hydrogens is 308 g/mol. The Morgan fingerprint density at radius 2 is 1.92 bits per heavy atom. The van der Waals surface area contributed by atoms with Crippen molar-refractivity contribution in [2.45, 2.75) is 38.6 Å². The molecule has 0 spiro atoms. The Morgan fingerprint density at radius 3 is 2.50 bits per heavy atom. The quantitative estimate of drug-likeness (QED) is 0.841. The van der Waals surface area contributed by atoms with E-state index in [2.05, 4.69) is 38.0 Å². The third kappa shape index (κ3) is 2.76. The fourth-order valence-electron chi connectivity index (χ4n) is 3.07. The van der Waals surface area contributed by atoms with Crippen molar-refractivity contribution in [2.24, 2.45) is 0 Å². The van der Waals surface area contributed by atoms with Crippen LogP contribution in [0.4, 0.5) is 5.88 Å². The Bertz CT molecular complexity index is 764. The Labute approximate surface area is 140 Å². The lowest BCUT2D eigenvalue weighted by Gasteiger charge is -2.36. The maximum atomic E-state index is 9.32. The van der Waals surface area contributed by atoms with Crippen LogP contribution in [0.3, 0.4) is 0 Å². The minimum Gasteiger partial charge on any atom is -0.424 e. The first-order valence-electron chi connectivity index (χ1n) is 8.35. The summed E-state index contributed by atoms with van der Waals surface area (Å²) in [5.41, 5.74) is 0.408. The topological polar surface area (TPSA) is 95.2 Å². The molecule has 8 nitrogen and oxygen atoms in total. The molecule has 2 aromatic rings. The van der Waals surface area contributed by atoms with Gasteiger partial charge in [0.25, 0.3) is 0 Å². The maximum absolute atomic E-state index is 9.32. The maximum Gasteiger partial charge on any atom is 0.234 e. The predicted octanol–water partition coefficient (Wildman–Crippen LogP) is 2.00. The highest BCUT2D eigenvalue weighted by Gasteiger charge is 2.33. The molecule has 0 amide bonds. The van der Waals surface area contributed by atoms with Gasteiger partial charge in [-0.25, -0.2) is 4.98 Å². The van der Waals surface area contributed by atoms with Crippen LogP contribution >= 0.6 is 0 Å². The molecule has 2 fully saturated rings. The summed E-state index contributed by atoms with van der Waals surface area (Å²) in [6, 6.07) is 2.25. The number of anilines is 1. The van der Waals surface area contributed by atoms with Crippen LogP contribution in [0.1, 0.15) is 55.1 Å². The first kappa shape index (κ1) is 15.1. The molecule has 0 aromatic carbocycles. The number of hydrogen-bond donors (Lipinski definition) is 0. The summed E-state index contributed by atoms with van der Waals surface area (Å²) in [7, 11) is 0. The molecule has 2 aliphatic rings. The largest absolute Gasteiger partial charge is 0.424 e. The van der Waals surface area contributed by atoms with Gasteiger partial charge in [0.1, 0.15) is 6.07 Å². The molecule has 1 unspecified atom stereocenters. The van der Waals surface area contributed by atoms with Crippen molar-refractivity contribution in [3.05, 3.63) is 23.4 Å². The van der Waals surface area contributed by atoms with Gasteiger partial charge in [-0.15, -0.1) is 10.2 Å². The zero-order valence-corrected chi connectivity index (χ0v) is 13.9. The van der Waals surface area contributed by atoms with E-state index in [1.807, 2.05) is 0 Å². The second-order valence-corrected chi connectivity index (χ2v) is 6.45. The van der Waals surface area contributed by atoms with Gasteiger partial charge in [0.05, 0.1) is 6.04 Å². The third-order valence-corrected chi connectivity index (χ3v) is 4.71. The van der Waals surface area contributed by atoms with Crippen molar-refractivity contribution in [1.82, 2.24) is 20.1 Å². The van der Waals surface area contributed by atoms with Crippen LogP contribution in [0, 0.1) is 18.3 Å². The molecule has 1 saturated heterocycles. The Kier molecular flexibility index (Phi) is 3.73. The number of aromatic nitrogens is 3. The molecule has 2 aromatic heterocycles. The highest BCUT2D eigenvalue weighted by atomic mass is 16.4. The van der Waals surface area contributed by atoms with Gasteiger partial charge in [-0.2, -0.15) is 5.26 Å². The van der Waals surface area contributed by atoms with Crippen molar-refractivity contribution >= 4 is 5.88 Å². The van der Waals surface area contributed by atoms with E-state index in [0.29, 0.717) is 29.3 Å². The summed E-state index contributed by atoms with van der Waals surface area (Å²) in [6.45, 7) is 7.12. The molecule has 0 radical (unpaired) electrons. The molecule has 0 N–H and O–H groups in total. The van der Waals surface area contributed by atoms with Crippen molar-refractivity contribution in [3.63, 3.8) is 0 Å². The summed E-state index contributed by atoms with van der Waals surface area (Å²) < 4.78 is 11.4. The van der Waals surface area contributed by atoms with E-state index >= 15 is 0 Å². The lowest BCUT2D eigenvalue weighted by atomic mass is 10.2. The summed E-state index contributed by atoms with van der Waals surface area (Å²) in [5.74, 6) is 2.99. The van der Waals surface area contributed by atoms with E-state index in [-0.39, 0.29) is 6.04 Å². The fraction of sp³-hybridized carbons (Fsp3) is 0.625. The lowest BCUT2D eigenvalue weighted by Crippen LogP contribution is -2.47. The van der Waals surface area contributed by atoms with Crippen molar-refractivity contribution in [2.75, 3.05) is 31.1 Å². The average Bonchev–Trinajstić information content (AvgIpc) is 3.22. The molecule has 8 heteroatoms. The number of hydrogen-bond acceptors (Lipinski definition) is 8. The molecular formula is C16H20N6O2. The Morgan fingerprint density at radius 1 is 1.17 bits per heavy atom. The minimum absolute atomic E-state index is 0.0838. The SMILES string of the molecule is Cc1nnc(C(C)N2CCN(c3oc(C4CC4)nc3C#N)CC2)o1. The van der Waals surface area contributed by atoms with Crippen LogP contribution in [-0.2, 0) is 0 Å². The van der Waals surface area contributed by atoms with Gasteiger partial charge in [-0.1, -0.05) is 0 Å². The number of piperazine rings is 1. The van der Waals surface area contributed by atoms with Gasteiger partial charge in [0.15, 0.2) is 0 Å². The summed E-state index contributed by atoms with van der Waals surface area (Å²) in [4.78, 5) is 8.76. The average molecular weight is 328 g/mol. The third-order valence-electron chi connectivity index (χ3n) is 4.71. The standard InChI is InChI=1S/C16H20N6O2/c1-10(14-20-19-11(2)23-14)21-5-7-22(8-6-21)16-13(9-17)18-15(24-16)12-3-4-12/h10,12H,3-8H2,1-2H3. The second kappa shape index (κ2) is 5.91. The molecule has 1 aliphatic carbocycles. The minimum atomic E-state index is 0.0838. The number of oxazole rings is 1. The van der Waals surface area contributed by atoms with Gasteiger partial charge < -0.3 is 13.7 Å². The zero-order chi connectivity index (χ0) is 16.7. The van der Waals surface area contributed by atoms with E-state index in [1.54, 1.807) is 6.92 Å². The van der Waals surface area contributed by atoms with E-state index in [1.165, 1.54) is 0 Å². The number of nitriles is 1. The normalized spacial score (nSPS) is 20.1. The van der Waals surface area contributed by atoms with Gasteiger partial charge in [-0.05, 0) is 19.8 Å². The van der Waals surface area contributed by atoms with Crippen molar-refractivity contribution in [1.29, 1.82) is 5.26 Å². The Hall–Kier alpha value is -2.40. The fourth-order valence-corrected chi connectivity index (χ4v) is 3.07. The number of aryl methyl sites for hydroxylation is 1. The molecule has 126 valence electrons. The van der Waals surface area contributed by atoms with Crippen LogP contribution in [0.2, 0.25) is 0 Å². The van der Waals surface area contributed by atoms with Gasteiger partial charge in [-0.3, -0.25) is 4.90 Å². The molecule has 1 saturated carbocycles. The first-order valence-corrected chi connectivity index (χ1v) is 8.35. The highest BCUT2D eigenvalue weighted by Crippen LogP contribution is 2.41. The first-order chi connectivity index (χ1) is 11.7. The smallest absolute Gasteiger partial charge is 0.234 e. The van der Waals surface area contributed by atoms with Gasteiger partial charge >= 0.3 is 0 Å². The molecule has 1 atom stereocenters. The summed E-state index contributed by atoms with van der Waals surface area (Å²) >= 11 is 0.